The number of aromatic nitrogens is 1. The molecule has 2 aliphatic carbocycles. The molecule has 210 valence electrons. The Balaban J connectivity index is 0.00000176. The Hall–Kier alpha value is -2.64. The zero-order valence-corrected chi connectivity index (χ0v) is 29.0. The topological polar surface area (TPSA) is 4.93 Å². The van der Waals surface area contributed by atoms with Crippen molar-refractivity contribution in [3.05, 3.63) is 133 Å². The molecule has 4 aromatic carbocycles. The van der Waals surface area contributed by atoms with Gasteiger partial charge in [-0.15, -0.1) is 0 Å². The molecule has 5 aromatic rings. The molecule has 4 heteroatoms. The minimum atomic E-state index is -1.08. The van der Waals surface area contributed by atoms with Crippen LogP contribution < -0.4 is 24.8 Å². The number of allylic oxidation sites excluding steroid dienone is 5. The first kappa shape index (κ1) is 30.8. The molecule has 0 saturated heterocycles. The van der Waals surface area contributed by atoms with Crippen molar-refractivity contribution in [2.24, 2.45) is 5.41 Å². The van der Waals surface area contributed by atoms with Crippen LogP contribution in [0.2, 0.25) is 0 Å². The quantitative estimate of drug-likeness (QED) is 0.268. The average molecular weight is 668 g/mol. The number of para-hydroxylation sites is 1. The summed E-state index contributed by atoms with van der Waals surface area (Å²) in [5.41, 5.74) is 14.5. The zero-order valence-electron chi connectivity index (χ0n) is 25.0. The van der Waals surface area contributed by atoms with Crippen molar-refractivity contribution >= 4 is 33.3 Å². The number of aryl methyl sites for hydroxylation is 1. The molecular weight excluding hydrogens is 633 g/mol. The largest absolute Gasteiger partial charge is 1.00 e. The Kier molecular flexibility index (Phi) is 8.41. The smallest absolute Gasteiger partial charge is 1.00 e. The second kappa shape index (κ2) is 11.5. The summed E-state index contributed by atoms with van der Waals surface area (Å²) in [5, 5.41) is 4.03. The third kappa shape index (κ3) is 4.71. The van der Waals surface area contributed by atoms with Crippen molar-refractivity contribution in [3.8, 4) is 5.69 Å². The zero-order chi connectivity index (χ0) is 27.8. The van der Waals surface area contributed by atoms with Crippen LogP contribution in [0.3, 0.4) is 0 Å². The maximum Gasteiger partial charge on any atom is -1.00 e. The molecular formula is C38H35Cl2NZr. The second-order valence-electron chi connectivity index (χ2n) is 12.1. The van der Waals surface area contributed by atoms with Crippen molar-refractivity contribution < 1.29 is 48.0 Å². The molecule has 1 unspecified atom stereocenters. The maximum absolute atomic E-state index is 2.51. The van der Waals surface area contributed by atoms with E-state index < -0.39 is 23.2 Å². The number of benzene rings is 4. The van der Waals surface area contributed by atoms with E-state index in [1.807, 2.05) is 0 Å². The van der Waals surface area contributed by atoms with Gasteiger partial charge in [0.05, 0.1) is 0 Å². The predicted octanol–water partition coefficient (Wildman–Crippen LogP) is 4.43. The van der Waals surface area contributed by atoms with Crippen molar-refractivity contribution in [2.75, 3.05) is 0 Å². The molecule has 0 aliphatic heterocycles. The number of fused-ring (bicyclic) bond motifs is 3. The Morgan fingerprint density at radius 1 is 0.738 bits per heavy atom. The van der Waals surface area contributed by atoms with E-state index in [0.29, 0.717) is 3.63 Å². The normalized spacial score (nSPS) is 17.2. The first-order valence-corrected chi connectivity index (χ1v) is 17.0. The summed E-state index contributed by atoms with van der Waals surface area (Å²) in [6, 6.07) is 31.8. The van der Waals surface area contributed by atoms with Crippen molar-refractivity contribution in [2.45, 2.75) is 45.2 Å². The Morgan fingerprint density at radius 3 is 2.19 bits per heavy atom. The molecule has 42 heavy (non-hydrogen) atoms. The molecule has 0 fully saturated rings. The summed E-state index contributed by atoms with van der Waals surface area (Å²) in [6.45, 7) is 14.2. The molecule has 1 atom stereocenters. The summed E-state index contributed by atoms with van der Waals surface area (Å²) in [4.78, 5) is 0. The van der Waals surface area contributed by atoms with Crippen LogP contribution in [0.1, 0.15) is 60.5 Å². The van der Waals surface area contributed by atoms with Gasteiger partial charge in [-0.25, -0.2) is 0 Å². The summed E-state index contributed by atoms with van der Waals surface area (Å²) < 4.78 is 4.58. The Bertz CT molecular complexity index is 1950. The van der Waals surface area contributed by atoms with Gasteiger partial charge in [-0.1, -0.05) is 0 Å². The van der Waals surface area contributed by atoms with Crippen LogP contribution in [0.4, 0.5) is 0 Å². The number of halogens is 2. The van der Waals surface area contributed by atoms with E-state index in [1.165, 1.54) is 60.8 Å². The monoisotopic (exact) mass is 665 g/mol. The van der Waals surface area contributed by atoms with Gasteiger partial charge in [0, 0.05) is 0 Å². The Morgan fingerprint density at radius 2 is 1.45 bits per heavy atom. The first-order valence-electron chi connectivity index (χ1n) is 14.3. The van der Waals surface area contributed by atoms with Gasteiger partial charge in [0.1, 0.15) is 0 Å². The average Bonchev–Trinajstić information content (AvgIpc) is 3.59. The van der Waals surface area contributed by atoms with Crippen LogP contribution >= 0.6 is 0 Å². The van der Waals surface area contributed by atoms with E-state index in [4.69, 9.17) is 0 Å². The van der Waals surface area contributed by atoms with E-state index in [2.05, 4.69) is 143 Å². The standard InChI is InChI=1S/C28H20N.C10H15.2ClH.Zr/c1-19-10-13-26(27-8-4-3-7-25(19)27)23-16-21-11-12-24(18-22(21)17-23)29-15-14-20-6-2-5-9-28(20)29;1-7-6-10(4,5)9(3)8(7)2;;;/h2-18H,1H3;1-5H3;2*1H;/q;;;;+2/p-2. The van der Waals surface area contributed by atoms with Gasteiger partial charge >= 0.3 is 251 Å². The van der Waals surface area contributed by atoms with Gasteiger partial charge in [0.2, 0.25) is 0 Å². The molecule has 0 saturated carbocycles. The number of nitrogens with zero attached hydrogens (tertiary/aromatic N) is 1. The number of hydrogen-bond donors (Lipinski definition) is 0. The van der Waals surface area contributed by atoms with E-state index >= 15 is 0 Å². The summed E-state index contributed by atoms with van der Waals surface area (Å²) in [6.07, 6.45) is 4.74. The summed E-state index contributed by atoms with van der Waals surface area (Å²) in [7, 11) is 0. The molecule has 1 nitrogen and oxygen atoms in total. The summed E-state index contributed by atoms with van der Waals surface area (Å²) >= 11 is -1.08. The molecule has 0 spiro atoms. The van der Waals surface area contributed by atoms with Crippen LogP contribution in [-0.2, 0) is 23.2 Å². The third-order valence-corrected chi connectivity index (χ3v) is 15.1. The molecule has 0 radical (unpaired) electrons. The van der Waals surface area contributed by atoms with Gasteiger partial charge < -0.3 is 24.8 Å². The van der Waals surface area contributed by atoms with E-state index in [0.717, 1.165) is 0 Å². The minimum Gasteiger partial charge on any atom is -1.00 e. The minimum absolute atomic E-state index is 0. The van der Waals surface area contributed by atoms with Crippen molar-refractivity contribution in [1.82, 2.24) is 4.57 Å². The van der Waals surface area contributed by atoms with E-state index in [1.54, 1.807) is 14.4 Å². The van der Waals surface area contributed by atoms with Gasteiger partial charge in [0.25, 0.3) is 0 Å². The molecule has 1 heterocycles. The van der Waals surface area contributed by atoms with Crippen molar-refractivity contribution in [1.29, 1.82) is 0 Å². The molecule has 1 aromatic heterocycles. The van der Waals surface area contributed by atoms with Crippen LogP contribution in [-0.4, -0.2) is 4.57 Å². The van der Waals surface area contributed by atoms with E-state index in [-0.39, 0.29) is 30.2 Å². The Labute approximate surface area is 273 Å². The fourth-order valence-corrected chi connectivity index (χ4v) is 12.0. The second-order valence-corrected chi connectivity index (χ2v) is 15.4. The molecule has 7 rings (SSSR count). The number of rotatable bonds is 4. The van der Waals surface area contributed by atoms with Crippen LogP contribution in [0, 0.1) is 12.3 Å². The fraction of sp³-hybridized carbons (Fsp3) is 0.211. The third-order valence-electron chi connectivity index (χ3n) is 9.69. The first-order chi connectivity index (χ1) is 19.3. The van der Waals surface area contributed by atoms with Gasteiger partial charge in [-0.05, 0) is 0 Å². The van der Waals surface area contributed by atoms with Gasteiger partial charge in [-0.2, -0.15) is 0 Å². The van der Waals surface area contributed by atoms with Gasteiger partial charge in [-0.3, -0.25) is 0 Å². The summed E-state index contributed by atoms with van der Waals surface area (Å²) in [5.74, 6) is 0. The van der Waals surface area contributed by atoms with Crippen LogP contribution in [0.15, 0.2) is 111 Å². The van der Waals surface area contributed by atoms with Crippen LogP contribution in [0.25, 0.3) is 39.0 Å². The van der Waals surface area contributed by atoms with E-state index in [9.17, 15) is 0 Å². The van der Waals surface area contributed by atoms with Gasteiger partial charge in [0.15, 0.2) is 0 Å². The maximum atomic E-state index is 2.51. The van der Waals surface area contributed by atoms with Crippen molar-refractivity contribution in [3.63, 3.8) is 0 Å². The molecule has 0 N–H and O–H groups in total. The predicted molar refractivity (Wildman–Crippen MR) is 167 cm³/mol. The fourth-order valence-electron chi connectivity index (χ4n) is 6.94. The molecule has 0 amide bonds. The van der Waals surface area contributed by atoms with Crippen LogP contribution in [0.5, 0.6) is 0 Å². The molecule has 0 bridgehead atoms. The number of hydrogen-bond acceptors (Lipinski definition) is 0. The SMILES string of the molecule is CC1=C(C)C(C)(C)[C]([Zr+2][CH]2C(c3ccc(C)c4ccccc34)=Cc3ccc(-n4ccc5ccccc54)cc32)=C1C.[Cl-].[Cl-]. The molecule has 2 aliphatic rings.